The van der Waals surface area contributed by atoms with Gasteiger partial charge in [0.2, 0.25) is 5.91 Å². The van der Waals surface area contributed by atoms with Crippen molar-refractivity contribution in [3.8, 4) is 0 Å². The smallest absolute Gasteiger partial charge is 0.238 e. The summed E-state index contributed by atoms with van der Waals surface area (Å²) in [4.78, 5) is 15.0. The number of carbonyl (C=O) groups is 1. The predicted octanol–water partition coefficient (Wildman–Crippen LogP) is 2.84. The van der Waals surface area contributed by atoms with Gasteiger partial charge in [0, 0.05) is 22.3 Å². The number of hydrogen-bond donors (Lipinski definition) is 3. The van der Waals surface area contributed by atoms with Gasteiger partial charge in [0.15, 0.2) is 0 Å². The number of aromatic amines is 1. The molecule has 5 heteroatoms. The summed E-state index contributed by atoms with van der Waals surface area (Å²) in [5.74, 6) is 0.819. The van der Waals surface area contributed by atoms with Crippen LogP contribution in [0.25, 0.3) is 10.9 Å². The van der Waals surface area contributed by atoms with Gasteiger partial charge in [0.1, 0.15) is 0 Å². The average Bonchev–Trinajstić information content (AvgIpc) is 3.09. The fourth-order valence-corrected chi connectivity index (χ4v) is 2.27. The maximum absolute atomic E-state index is 11.8. The molecule has 0 bridgehead atoms. The highest BCUT2D eigenvalue weighted by Crippen LogP contribution is 2.27. The summed E-state index contributed by atoms with van der Waals surface area (Å²) in [5, 5.41) is 7.24. The van der Waals surface area contributed by atoms with Crippen molar-refractivity contribution in [2.24, 2.45) is 5.92 Å². The van der Waals surface area contributed by atoms with Crippen molar-refractivity contribution in [1.82, 2.24) is 10.3 Å². The molecule has 1 aliphatic carbocycles. The molecular formula is C15H20ClN3O. The highest BCUT2D eigenvalue weighted by Gasteiger charge is 2.20. The van der Waals surface area contributed by atoms with Gasteiger partial charge in [-0.15, -0.1) is 12.4 Å². The van der Waals surface area contributed by atoms with E-state index in [4.69, 9.17) is 0 Å². The lowest BCUT2D eigenvalue weighted by Gasteiger charge is -2.06. The molecule has 0 radical (unpaired) electrons. The van der Waals surface area contributed by atoms with E-state index < -0.39 is 0 Å². The van der Waals surface area contributed by atoms with Crippen molar-refractivity contribution in [3.63, 3.8) is 0 Å². The predicted molar refractivity (Wildman–Crippen MR) is 84.5 cm³/mol. The van der Waals surface area contributed by atoms with Crippen LogP contribution in [0.15, 0.2) is 24.3 Å². The highest BCUT2D eigenvalue weighted by atomic mass is 35.5. The minimum atomic E-state index is 0. The molecule has 1 saturated carbocycles. The Morgan fingerprint density at radius 2 is 2.15 bits per heavy atom. The van der Waals surface area contributed by atoms with Gasteiger partial charge in [0.05, 0.1) is 6.54 Å². The zero-order chi connectivity index (χ0) is 13.2. The molecule has 1 amide bonds. The number of amides is 1. The fourth-order valence-electron chi connectivity index (χ4n) is 2.27. The highest BCUT2D eigenvalue weighted by molar-refractivity contribution is 5.95. The lowest BCUT2D eigenvalue weighted by Crippen LogP contribution is -2.29. The van der Waals surface area contributed by atoms with Crippen molar-refractivity contribution in [2.75, 3.05) is 18.4 Å². The molecule has 0 aliphatic heterocycles. The van der Waals surface area contributed by atoms with Gasteiger partial charge in [0.25, 0.3) is 0 Å². The van der Waals surface area contributed by atoms with Crippen molar-refractivity contribution >= 4 is 34.9 Å². The molecular weight excluding hydrogens is 274 g/mol. The lowest BCUT2D eigenvalue weighted by molar-refractivity contribution is -0.115. The monoisotopic (exact) mass is 293 g/mol. The Hall–Kier alpha value is -1.52. The van der Waals surface area contributed by atoms with Crippen molar-refractivity contribution in [3.05, 3.63) is 30.0 Å². The van der Waals surface area contributed by atoms with E-state index in [1.54, 1.807) is 0 Å². The van der Waals surface area contributed by atoms with Crippen molar-refractivity contribution < 1.29 is 4.79 Å². The zero-order valence-corrected chi connectivity index (χ0v) is 12.3. The second-order valence-electron chi connectivity index (χ2n) is 5.38. The molecule has 1 aliphatic rings. The average molecular weight is 294 g/mol. The summed E-state index contributed by atoms with van der Waals surface area (Å²) in [5.41, 5.74) is 3.08. The van der Waals surface area contributed by atoms with Gasteiger partial charge < -0.3 is 15.6 Å². The van der Waals surface area contributed by atoms with E-state index in [1.807, 2.05) is 25.1 Å². The van der Waals surface area contributed by atoms with Gasteiger partial charge in [-0.05, 0) is 56.5 Å². The number of aromatic nitrogens is 1. The number of carbonyl (C=O) groups excluding carboxylic acids is 1. The van der Waals surface area contributed by atoms with E-state index in [1.165, 1.54) is 12.8 Å². The number of halogens is 1. The number of aryl methyl sites for hydroxylation is 1. The number of rotatable bonds is 5. The van der Waals surface area contributed by atoms with Crippen LogP contribution in [0.2, 0.25) is 0 Å². The Labute approximate surface area is 124 Å². The molecule has 3 N–H and O–H groups in total. The van der Waals surface area contributed by atoms with E-state index in [0.29, 0.717) is 6.54 Å². The standard InChI is InChI=1S/C15H19N3O.ClH/c1-10-6-12-7-13(4-5-14(12)17-10)18-15(19)9-16-8-11-2-3-11;/h4-7,11,16-17H,2-3,8-9H2,1H3,(H,18,19);1H. The molecule has 0 atom stereocenters. The molecule has 3 rings (SSSR count). The van der Waals surface area contributed by atoms with Gasteiger partial charge in [-0.25, -0.2) is 0 Å². The van der Waals surface area contributed by atoms with Crippen molar-refractivity contribution in [1.29, 1.82) is 0 Å². The molecule has 0 unspecified atom stereocenters. The van der Waals surface area contributed by atoms with Crippen LogP contribution in [-0.4, -0.2) is 24.0 Å². The number of H-pyrrole nitrogens is 1. The lowest BCUT2D eigenvalue weighted by atomic mass is 10.2. The molecule has 1 fully saturated rings. The molecule has 0 saturated heterocycles. The third kappa shape index (κ3) is 3.74. The summed E-state index contributed by atoms with van der Waals surface area (Å²) in [6.07, 6.45) is 2.61. The first-order valence-corrected chi connectivity index (χ1v) is 6.80. The molecule has 20 heavy (non-hydrogen) atoms. The van der Waals surface area contributed by atoms with E-state index in [0.717, 1.165) is 34.7 Å². The Balaban J connectivity index is 0.00000147. The minimum absolute atomic E-state index is 0. The number of fused-ring (bicyclic) bond motifs is 1. The van der Waals surface area contributed by atoms with Crippen LogP contribution in [0.3, 0.4) is 0 Å². The first kappa shape index (κ1) is 14.9. The maximum Gasteiger partial charge on any atom is 0.238 e. The van der Waals surface area contributed by atoms with Crippen LogP contribution >= 0.6 is 12.4 Å². The van der Waals surface area contributed by atoms with Crippen LogP contribution in [-0.2, 0) is 4.79 Å². The molecule has 1 heterocycles. The van der Waals surface area contributed by atoms with E-state index in [-0.39, 0.29) is 18.3 Å². The molecule has 0 spiro atoms. The third-order valence-electron chi connectivity index (χ3n) is 3.45. The Bertz CT molecular complexity index is 604. The molecule has 2 aromatic rings. The normalized spacial score (nSPS) is 14.1. The van der Waals surface area contributed by atoms with Crippen LogP contribution in [0, 0.1) is 12.8 Å². The summed E-state index contributed by atoms with van der Waals surface area (Å²) in [6.45, 7) is 3.38. The second-order valence-corrected chi connectivity index (χ2v) is 5.38. The Kier molecular flexibility index (Phi) is 4.68. The van der Waals surface area contributed by atoms with Gasteiger partial charge in [-0.2, -0.15) is 0 Å². The van der Waals surface area contributed by atoms with Crippen molar-refractivity contribution in [2.45, 2.75) is 19.8 Å². The van der Waals surface area contributed by atoms with Gasteiger partial charge in [-0.3, -0.25) is 4.79 Å². The summed E-state index contributed by atoms with van der Waals surface area (Å²) >= 11 is 0. The Morgan fingerprint density at radius 3 is 2.90 bits per heavy atom. The summed E-state index contributed by atoms with van der Waals surface area (Å²) < 4.78 is 0. The maximum atomic E-state index is 11.8. The Morgan fingerprint density at radius 1 is 1.35 bits per heavy atom. The van der Waals surface area contributed by atoms with E-state index in [2.05, 4.69) is 21.7 Å². The summed E-state index contributed by atoms with van der Waals surface area (Å²) in [7, 11) is 0. The number of hydrogen-bond acceptors (Lipinski definition) is 2. The minimum Gasteiger partial charge on any atom is -0.359 e. The summed E-state index contributed by atoms with van der Waals surface area (Å²) in [6, 6.07) is 8.00. The SMILES string of the molecule is Cc1cc2cc(NC(=O)CNCC3CC3)ccc2[nH]1.Cl. The second kappa shape index (κ2) is 6.29. The zero-order valence-electron chi connectivity index (χ0n) is 11.5. The molecule has 108 valence electrons. The quantitative estimate of drug-likeness (QED) is 0.794. The third-order valence-corrected chi connectivity index (χ3v) is 3.45. The number of benzene rings is 1. The molecule has 4 nitrogen and oxygen atoms in total. The molecule has 1 aromatic carbocycles. The van der Waals surface area contributed by atoms with Gasteiger partial charge in [-0.1, -0.05) is 0 Å². The van der Waals surface area contributed by atoms with Crippen LogP contribution in [0.4, 0.5) is 5.69 Å². The molecule has 1 aromatic heterocycles. The topological polar surface area (TPSA) is 56.9 Å². The fraction of sp³-hybridized carbons (Fsp3) is 0.400. The number of nitrogens with one attached hydrogen (secondary N) is 3. The number of anilines is 1. The van der Waals surface area contributed by atoms with Gasteiger partial charge >= 0.3 is 0 Å². The first-order valence-electron chi connectivity index (χ1n) is 6.80. The van der Waals surface area contributed by atoms with Crippen LogP contribution in [0.1, 0.15) is 18.5 Å². The van der Waals surface area contributed by atoms with E-state index in [9.17, 15) is 4.79 Å². The largest absolute Gasteiger partial charge is 0.359 e. The van der Waals surface area contributed by atoms with Crippen LogP contribution in [0.5, 0.6) is 0 Å². The van der Waals surface area contributed by atoms with Crippen LogP contribution < -0.4 is 10.6 Å². The van der Waals surface area contributed by atoms with E-state index >= 15 is 0 Å². The first-order chi connectivity index (χ1) is 9.20.